The number of para-hydroxylation sites is 3. The van der Waals surface area contributed by atoms with Crippen LogP contribution in [-0.4, -0.2) is 50.2 Å². The summed E-state index contributed by atoms with van der Waals surface area (Å²) in [5.74, 6) is 1.24. The highest BCUT2D eigenvalue weighted by atomic mass is 16.5. The van der Waals surface area contributed by atoms with Crippen LogP contribution < -0.4 is 14.4 Å². The maximum Gasteiger partial charge on any atom is 0.263 e. The molecule has 2 aromatic rings. The number of hydrogen-bond donors (Lipinski definition) is 0. The fourth-order valence-corrected chi connectivity index (χ4v) is 3.04. The summed E-state index contributed by atoms with van der Waals surface area (Å²) in [7, 11) is 1.59. The molecule has 1 atom stereocenters. The maximum absolute atomic E-state index is 12.7. The van der Waals surface area contributed by atoms with Gasteiger partial charge in [0.05, 0.1) is 7.11 Å². The highest BCUT2D eigenvalue weighted by molar-refractivity contribution is 5.81. The van der Waals surface area contributed by atoms with E-state index >= 15 is 0 Å². The third kappa shape index (κ3) is 4.05. The molecule has 5 heteroatoms. The summed E-state index contributed by atoms with van der Waals surface area (Å²) < 4.78 is 11.1. The van der Waals surface area contributed by atoms with Gasteiger partial charge in [-0.1, -0.05) is 30.3 Å². The molecular weight excluding hydrogens is 316 g/mol. The first kappa shape index (κ1) is 17.1. The van der Waals surface area contributed by atoms with Gasteiger partial charge >= 0.3 is 0 Å². The molecule has 0 saturated carbocycles. The van der Waals surface area contributed by atoms with Crippen LogP contribution in [0.4, 0.5) is 5.69 Å². The molecule has 132 valence electrons. The molecule has 2 aromatic carbocycles. The standard InChI is InChI=1S/C20H24N2O3/c1-16(25-19-11-7-6-10-18(19)24-2)20(23)22-14-12-21(13-15-22)17-8-4-3-5-9-17/h3-11,16H,12-15H2,1-2H3/t16-/m1/s1. The maximum atomic E-state index is 12.7. The Balaban J connectivity index is 1.57. The van der Waals surface area contributed by atoms with Crippen molar-refractivity contribution >= 4 is 11.6 Å². The molecule has 0 radical (unpaired) electrons. The largest absolute Gasteiger partial charge is 0.493 e. The Kier molecular flexibility index (Phi) is 5.43. The second-order valence-corrected chi connectivity index (χ2v) is 6.06. The molecule has 0 spiro atoms. The van der Waals surface area contributed by atoms with Crippen LogP contribution in [0.15, 0.2) is 54.6 Å². The van der Waals surface area contributed by atoms with E-state index in [0.29, 0.717) is 24.6 Å². The smallest absolute Gasteiger partial charge is 0.263 e. The molecule has 5 nitrogen and oxygen atoms in total. The lowest BCUT2D eigenvalue weighted by atomic mass is 10.2. The van der Waals surface area contributed by atoms with Gasteiger partial charge in [0.1, 0.15) is 0 Å². The Hall–Kier alpha value is -2.69. The molecule has 25 heavy (non-hydrogen) atoms. The average Bonchev–Trinajstić information content (AvgIpc) is 2.68. The van der Waals surface area contributed by atoms with Gasteiger partial charge in [0, 0.05) is 31.9 Å². The van der Waals surface area contributed by atoms with Crippen molar-refractivity contribution in [2.24, 2.45) is 0 Å². The highest BCUT2D eigenvalue weighted by Gasteiger charge is 2.26. The average molecular weight is 340 g/mol. The minimum Gasteiger partial charge on any atom is -0.493 e. The fourth-order valence-electron chi connectivity index (χ4n) is 3.04. The molecule has 1 saturated heterocycles. The summed E-state index contributed by atoms with van der Waals surface area (Å²) in [6.45, 7) is 4.85. The van der Waals surface area contributed by atoms with Crippen molar-refractivity contribution in [1.82, 2.24) is 4.90 Å². The van der Waals surface area contributed by atoms with Crippen molar-refractivity contribution in [3.05, 3.63) is 54.6 Å². The van der Waals surface area contributed by atoms with Crippen LogP contribution in [-0.2, 0) is 4.79 Å². The van der Waals surface area contributed by atoms with Crippen LogP contribution in [0.2, 0.25) is 0 Å². The molecule has 0 aromatic heterocycles. The Labute approximate surface area is 148 Å². The summed E-state index contributed by atoms with van der Waals surface area (Å²) >= 11 is 0. The van der Waals surface area contributed by atoms with Crippen LogP contribution >= 0.6 is 0 Å². The van der Waals surface area contributed by atoms with Crippen LogP contribution in [0, 0.1) is 0 Å². The third-order valence-electron chi connectivity index (χ3n) is 4.43. The molecule has 0 aliphatic carbocycles. The van der Waals surface area contributed by atoms with E-state index in [9.17, 15) is 4.79 Å². The number of methoxy groups -OCH3 is 1. The number of benzene rings is 2. The Morgan fingerprint density at radius 2 is 1.52 bits per heavy atom. The first-order valence-corrected chi connectivity index (χ1v) is 8.57. The van der Waals surface area contributed by atoms with Crippen molar-refractivity contribution in [1.29, 1.82) is 0 Å². The quantitative estimate of drug-likeness (QED) is 0.839. The van der Waals surface area contributed by atoms with Gasteiger partial charge < -0.3 is 19.3 Å². The van der Waals surface area contributed by atoms with Gasteiger partial charge in [-0.15, -0.1) is 0 Å². The van der Waals surface area contributed by atoms with Gasteiger partial charge in [0.2, 0.25) is 0 Å². The Bertz CT molecular complexity index is 697. The molecule has 0 N–H and O–H groups in total. The van der Waals surface area contributed by atoms with E-state index in [4.69, 9.17) is 9.47 Å². The summed E-state index contributed by atoms with van der Waals surface area (Å²) in [4.78, 5) is 16.9. The van der Waals surface area contributed by atoms with Gasteiger partial charge in [-0.25, -0.2) is 0 Å². The molecule has 1 fully saturated rings. The van der Waals surface area contributed by atoms with E-state index in [1.54, 1.807) is 14.0 Å². The SMILES string of the molecule is COc1ccccc1O[C@H](C)C(=O)N1CCN(c2ccccc2)CC1. The second-order valence-electron chi connectivity index (χ2n) is 6.06. The van der Waals surface area contributed by atoms with Crippen molar-refractivity contribution < 1.29 is 14.3 Å². The van der Waals surface area contributed by atoms with Crippen molar-refractivity contribution in [2.75, 3.05) is 38.2 Å². The zero-order chi connectivity index (χ0) is 17.6. The van der Waals surface area contributed by atoms with Crippen molar-refractivity contribution in [3.63, 3.8) is 0 Å². The number of carbonyl (C=O) groups is 1. The number of piperazine rings is 1. The van der Waals surface area contributed by atoms with Gasteiger partial charge in [-0.3, -0.25) is 4.79 Å². The number of amides is 1. The highest BCUT2D eigenvalue weighted by Crippen LogP contribution is 2.27. The minimum absolute atomic E-state index is 0.0126. The Morgan fingerprint density at radius 3 is 2.16 bits per heavy atom. The van der Waals surface area contributed by atoms with E-state index in [1.165, 1.54) is 5.69 Å². The molecule has 1 heterocycles. The normalized spacial score (nSPS) is 15.6. The molecule has 3 rings (SSSR count). The van der Waals surface area contributed by atoms with E-state index in [0.717, 1.165) is 13.1 Å². The fraction of sp³-hybridized carbons (Fsp3) is 0.350. The number of ether oxygens (including phenoxy) is 2. The van der Waals surface area contributed by atoms with E-state index < -0.39 is 6.10 Å². The molecule has 1 aliphatic heterocycles. The number of carbonyl (C=O) groups excluding carboxylic acids is 1. The topological polar surface area (TPSA) is 42.0 Å². The second kappa shape index (κ2) is 7.92. The third-order valence-corrected chi connectivity index (χ3v) is 4.43. The lowest BCUT2D eigenvalue weighted by Gasteiger charge is -2.37. The number of anilines is 1. The van der Waals surface area contributed by atoms with E-state index in [1.807, 2.05) is 47.4 Å². The predicted molar refractivity (Wildman–Crippen MR) is 98.3 cm³/mol. The van der Waals surface area contributed by atoms with Crippen LogP contribution in [0.1, 0.15) is 6.92 Å². The number of nitrogens with zero attached hydrogens (tertiary/aromatic N) is 2. The summed E-state index contributed by atoms with van der Waals surface area (Å²) in [6, 6.07) is 17.7. The molecule has 1 aliphatic rings. The summed E-state index contributed by atoms with van der Waals surface area (Å²) in [5, 5.41) is 0. The van der Waals surface area contributed by atoms with E-state index in [2.05, 4.69) is 17.0 Å². The summed E-state index contributed by atoms with van der Waals surface area (Å²) in [6.07, 6.45) is -0.542. The molecule has 0 unspecified atom stereocenters. The zero-order valence-electron chi connectivity index (χ0n) is 14.7. The zero-order valence-corrected chi connectivity index (χ0v) is 14.7. The minimum atomic E-state index is -0.542. The Morgan fingerprint density at radius 1 is 0.920 bits per heavy atom. The van der Waals surface area contributed by atoms with Crippen molar-refractivity contribution in [2.45, 2.75) is 13.0 Å². The summed E-state index contributed by atoms with van der Waals surface area (Å²) in [5.41, 5.74) is 1.20. The first-order chi connectivity index (χ1) is 12.2. The van der Waals surface area contributed by atoms with Gasteiger partial charge in [-0.05, 0) is 31.2 Å². The van der Waals surface area contributed by atoms with Crippen LogP contribution in [0.25, 0.3) is 0 Å². The molecule has 0 bridgehead atoms. The molecular formula is C20H24N2O3. The number of rotatable bonds is 5. The van der Waals surface area contributed by atoms with Crippen LogP contribution in [0.5, 0.6) is 11.5 Å². The molecule has 1 amide bonds. The van der Waals surface area contributed by atoms with E-state index in [-0.39, 0.29) is 5.91 Å². The first-order valence-electron chi connectivity index (χ1n) is 8.57. The van der Waals surface area contributed by atoms with Gasteiger partial charge in [0.15, 0.2) is 17.6 Å². The van der Waals surface area contributed by atoms with Crippen LogP contribution in [0.3, 0.4) is 0 Å². The monoisotopic (exact) mass is 340 g/mol. The number of hydrogen-bond acceptors (Lipinski definition) is 4. The lowest BCUT2D eigenvalue weighted by molar-refractivity contribution is -0.138. The van der Waals surface area contributed by atoms with Crippen molar-refractivity contribution in [3.8, 4) is 11.5 Å². The predicted octanol–water partition coefficient (Wildman–Crippen LogP) is 2.81. The lowest BCUT2D eigenvalue weighted by Crippen LogP contribution is -2.52. The van der Waals surface area contributed by atoms with Gasteiger partial charge in [-0.2, -0.15) is 0 Å². The van der Waals surface area contributed by atoms with Gasteiger partial charge in [0.25, 0.3) is 5.91 Å².